The first-order valence-corrected chi connectivity index (χ1v) is 8.44. The van der Waals surface area contributed by atoms with Crippen molar-refractivity contribution in [3.05, 3.63) is 94.9 Å². The van der Waals surface area contributed by atoms with E-state index in [4.69, 9.17) is 4.42 Å². The van der Waals surface area contributed by atoms with Crippen LogP contribution < -0.4 is 5.43 Å². The number of ether oxygens (including phenoxy) is 1. The van der Waals surface area contributed by atoms with E-state index in [1.807, 2.05) is 54.6 Å². The maximum absolute atomic E-state index is 11.7. The van der Waals surface area contributed by atoms with E-state index in [1.54, 1.807) is 12.1 Å². The molecular weight excluding hydrogens is 344 g/mol. The molecule has 0 saturated heterocycles. The number of rotatable bonds is 7. The largest absolute Gasteiger partial charge is 0.463 e. The van der Waals surface area contributed by atoms with Gasteiger partial charge in [0.05, 0.1) is 20.3 Å². The Balaban J connectivity index is 1.88. The molecule has 27 heavy (non-hydrogen) atoms. The summed E-state index contributed by atoms with van der Waals surface area (Å²) >= 11 is 0. The molecule has 6 heteroatoms. The predicted molar refractivity (Wildman–Crippen MR) is 101 cm³/mol. The summed E-state index contributed by atoms with van der Waals surface area (Å²) in [5.74, 6) is -0.00331. The average molecular weight is 364 g/mol. The van der Waals surface area contributed by atoms with Gasteiger partial charge in [0.1, 0.15) is 5.71 Å². The zero-order valence-corrected chi connectivity index (χ0v) is 14.9. The van der Waals surface area contributed by atoms with Gasteiger partial charge < -0.3 is 19.7 Å². The van der Waals surface area contributed by atoms with Crippen LogP contribution in [0.3, 0.4) is 0 Å². The van der Waals surface area contributed by atoms with E-state index in [9.17, 15) is 9.90 Å². The second-order valence-corrected chi connectivity index (χ2v) is 5.79. The summed E-state index contributed by atoms with van der Waals surface area (Å²) in [6.07, 6.45) is 0. The number of benzene rings is 2. The van der Waals surface area contributed by atoms with Crippen LogP contribution in [0.5, 0.6) is 0 Å². The minimum absolute atomic E-state index is 0.0355. The van der Waals surface area contributed by atoms with Crippen molar-refractivity contribution in [2.24, 2.45) is 5.10 Å². The molecule has 138 valence electrons. The topological polar surface area (TPSA) is 84.1 Å². The van der Waals surface area contributed by atoms with Crippen LogP contribution in [0.15, 0.2) is 76.2 Å². The lowest BCUT2D eigenvalue weighted by Gasteiger charge is -2.07. The van der Waals surface area contributed by atoms with Crippen molar-refractivity contribution in [3.8, 4) is 0 Å². The molecule has 2 aromatic carbocycles. The Hall–Kier alpha value is -3.38. The number of aliphatic hydroxyl groups excluding tert-OH is 1. The van der Waals surface area contributed by atoms with Crippen molar-refractivity contribution in [3.63, 3.8) is 0 Å². The zero-order chi connectivity index (χ0) is 19.1. The number of esters is 1. The summed E-state index contributed by atoms with van der Waals surface area (Å²) in [6, 6.07) is 20.4. The van der Waals surface area contributed by atoms with Crippen molar-refractivity contribution < 1.29 is 19.1 Å². The second kappa shape index (κ2) is 8.82. The predicted octanol–water partition coefficient (Wildman–Crippen LogP) is 3.10. The van der Waals surface area contributed by atoms with E-state index in [-0.39, 0.29) is 12.4 Å². The van der Waals surface area contributed by atoms with E-state index in [2.05, 4.69) is 15.3 Å². The molecule has 0 amide bonds. The van der Waals surface area contributed by atoms with Crippen LogP contribution in [0.1, 0.15) is 33.0 Å². The van der Waals surface area contributed by atoms with Crippen LogP contribution in [0.2, 0.25) is 0 Å². The number of nitrogens with zero attached hydrogens (tertiary/aromatic N) is 1. The van der Waals surface area contributed by atoms with E-state index >= 15 is 0 Å². The number of furan rings is 1. The monoisotopic (exact) mass is 364 g/mol. The molecule has 3 aromatic rings. The first-order valence-electron chi connectivity index (χ1n) is 8.44. The minimum Gasteiger partial charge on any atom is -0.463 e. The second-order valence-electron chi connectivity index (χ2n) is 5.79. The highest BCUT2D eigenvalue weighted by Gasteiger charge is 2.16. The van der Waals surface area contributed by atoms with E-state index in [0.29, 0.717) is 18.0 Å². The Morgan fingerprint density at radius 3 is 2.37 bits per heavy atom. The van der Waals surface area contributed by atoms with Gasteiger partial charge in [-0.1, -0.05) is 54.6 Å². The fourth-order valence-electron chi connectivity index (χ4n) is 2.51. The van der Waals surface area contributed by atoms with Gasteiger partial charge >= 0.3 is 5.97 Å². The van der Waals surface area contributed by atoms with Gasteiger partial charge in [0, 0.05) is 5.56 Å². The van der Waals surface area contributed by atoms with Crippen molar-refractivity contribution in [2.45, 2.75) is 13.2 Å². The van der Waals surface area contributed by atoms with Gasteiger partial charge in [-0.3, -0.25) is 0 Å². The summed E-state index contributed by atoms with van der Waals surface area (Å²) < 4.78 is 10.3. The number of aliphatic hydroxyl groups is 1. The lowest BCUT2D eigenvalue weighted by atomic mass is 10.1. The lowest BCUT2D eigenvalue weighted by molar-refractivity contribution is 0.0564. The van der Waals surface area contributed by atoms with Crippen LogP contribution in [-0.2, 0) is 17.9 Å². The van der Waals surface area contributed by atoms with Gasteiger partial charge in [0.15, 0.2) is 5.76 Å². The highest BCUT2D eigenvalue weighted by atomic mass is 16.5. The molecule has 0 atom stereocenters. The van der Waals surface area contributed by atoms with Gasteiger partial charge in [-0.25, -0.2) is 4.79 Å². The lowest BCUT2D eigenvalue weighted by Crippen LogP contribution is -2.12. The minimum atomic E-state index is -0.548. The van der Waals surface area contributed by atoms with E-state index in [0.717, 1.165) is 16.7 Å². The molecule has 1 aromatic heterocycles. The first kappa shape index (κ1) is 18.4. The summed E-state index contributed by atoms with van der Waals surface area (Å²) in [7, 11) is 1.30. The van der Waals surface area contributed by atoms with Gasteiger partial charge in [-0.15, -0.1) is 0 Å². The third-order valence-electron chi connectivity index (χ3n) is 3.95. The van der Waals surface area contributed by atoms with Gasteiger partial charge in [0.25, 0.3) is 0 Å². The molecule has 0 radical (unpaired) electrons. The zero-order valence-electron chi connectivity index (χ0n) is 14.9. The molecule has 0 aliphatic heterocycles. The smallest absolute Gasteiger partial charge is 0.373 e. The Labute approximate surface area is 157 Å². The van der Waals surface area contributed by atoms with Crippen LogP contribution in [0, 0.1) is 0 Å². The molecule has 0 aliphatic carbocycles. The van der Waals surface area contributed by atoms with Crippen LogP contribution in [-0.4, -0.2) is 23.9 Å². The SMILES string of the molecule is COC(=O)c1ccc(/C(=N/NCc2ccccc2)c2ccc(CO)cc2)o1. The quantitative estimate of drug-likeness (QED) is 0.382. The molecule has 1 heterocycles. The van der Waals surface area contributed by atoms with Gasteiger partial charge in [0.2, 0.25) is 5.76 Å². The van der Waals surface area contributed by atoms with Crippen molar-refractivity contribution in [1.29, 1.82) is 0 Å². The fraction of sp³-hybridized carbons (Fsp3) is 0.143. The normalized spacial score (nSPS) is 11.3. The summed E-state index contributed by atoms with van der Waals surface area (Å²) in [5, 5.41) is 13.7. The Morgan fingerprint density at radius 2 is 1.70 bits per heavy atom. The summed E-state index contributed by atoms with van der Waals surface area (Å²) in [6.45, 7) is 0.510. The summed E-state index contributed by atoms with van der Waals surface area (Å²) in [4.78, 5) is 11.7. The number of hydrazone groups is 1. The molecule has 3 rings (SSSR count). The molecule has 0 fully saturated rings. The van der Waals surface area contributed by atoms with Crippen LogP contribution in [0.4, 0.5) is 0 Å². The molecular formula is C21H20N2O4. The van der Waals surface area contributed by atoms with Crippen molar-refractivity contribution in [1.82, 2.24) is 5.43 Å². The molecule has 0 spiro atoms. The van der Waals surface area contributed by atoms with Crippen molar-refractivity contribution in [2.75, 3.05) is 7.11 Å². The molecule has 0 aliphatic rings. The number of nitrogens with one attached hydrogen (secondary N) is 1. The third-order valence-corrected chi connectivity index (χ3v) is 3.95. The molecule has 0 bridgehead atoms. The number of methoxy groups -OCH3 is 1. The maximum atomic E-state index is 11.7. The standard InChI is InChI=1S/C21H20N2O4/c1-26-21(25)19-12-11-18(27-19)20(17-9-7-16(14-24)8-10-17)23-22-13-15-5-3-2-4-6-15/h2-12,22,24H,13-14H2,1H3/b23-20+. The van der Waals surface area contributed by atoms with Crippen molar-refractivity contribution >= 4 is 11.7 Å². The van der Waals surface area contributed by atoms with Gasteiger partial charge in [-0.05, 0) is 23.3 Å². The van der Waals surface area contributed by atoms with E-state index < -0.39 is 5.97 Å². The van der Waals surface area contributed by atoms with Crippen LogP contribution in [0.25, 0.3) is 0 Å². The number of carbonyl (C=O) groups is 1. The molecule has 6 nitrogen and oxygen atoms in total. The molecule has 2 N–H and O–H groups in total. The summed E-state index contributed by atoms with van der Waals surface area (Å²) in [5.41, 5.74) is 6.26. The van der Waals surface area contributed by atoms with Crippen LogP contribution >= 0.6 is 0 Å². The third kappa shape index (κ3) is 4.62. The number of hydrogen-bond acceptors (Lipinski definition) is 6. The first-order chi connectivity index (χ1) is 13.2. The highest BCUT2D eigenvalue weighted by Crippen LogP contribution is 2.16. The Bertz CT molecular complexity index is 915. The molecule has 0 unspecified atom stereocenters. The average Bonchev–Trinajstić information content (AvgIpc) is 3.21. The highest BCUT2D eigenvalue weighted by molar-refractivity contribution is 6.11. The van der Waals surface area contributed by atoms with Gasteiger partial charge in [-0.2, -0.15) is 5.10 Å². The fourth-order valence-corrected chi connectivity index (χ4v) is 2.51. The number of hydrogen-bond donors (Lipinski definition) is 2. The van der Waals surface area contributed by atoms with E-state index in [1.165, 1.54) is 7.11 Å². The molecule has 0 saturated carbocycles. The number of carbonyl (C=O) groups excluding carboxylic acids is 1. The maximum Gasteiger partial charge on any atom is 0.373 e. The Kier molecular flexibility index (Phi) is 6.02. The Morgan fingerprint density at radius 1 is 1.00 bits per heavy atom.